The molecule has 26 heavy (non-hydrogen) atoms. The number of nitrogens with zero attached hydrogens (tertiary/aromatic N) is 2. The summed E-state index contributed by atoms with van der Waals surface area (Å²) in [4.78, 5) is 20.1. The molecular weight excluding hydrogens is 328 g/mol. The number of benzene rings is 1. The molecule has 0 spiro atoms. The van der Waals surface area contributed by atoms with Gasteiger partial charge in [0.05, 0.1) is 6.61 Å². The summed E-state index contributed by atoms with van der Waals surface area (Å²) >= 11 is 0. The Morgan fingerprint density at radius 2 is 1.77 bits per heavy atom. The van der Waals surface area contributed by atoms with Crippen molar-refractivity contribution in [2.75, 3.05) is 6.61 Å². The predicted octanol–water partition coefficient (Wildman–Crippen LogP) is 4.60. The highest BCUT2D eigenvalue weighted by molar-refractivity contribution is 5.69. The Morgan fingerprint density at radius 1 is 1.08 bits per heavy atom. The smallest absolute Gasteiger partial charge is 0.305 e. The first-order chi connectivity index (χ1) is 12.6. The number of unbranched alkanes of at least 4 members (excludes halogenated alkanes) is 4. The Hall–Kier alpha value is -2.43. The van der Waals surface area contributed by atoms with E-state index in [1.54, 1.807) is 6.07 Å². The number of rotatable bonds is 10. The van der Waals surface area contributed by atoms with Crippen molar-refractivity contribution in [3.8, 4) is 17.1 Å². The molecular formula is C21H28N2O3. The lowest BCUT2D eigenvalue weighted by molar-refractivity contribution is -0.143. The van der Waals surface area contributed by atoms with E-state index in [-0.39, 0.29) is 11.7 Å². The molecule has 0 bridgehead atoms. The molecule has 2 aromatic rings. The molecule has 1 N–H and O–H groups in total. The number of phenols is 1. The van der Waals surface area contributed by atoms with Gasteiger partial charge < -0.3 is 9.84 Å². The molecule has 0 amide bonds. The van der Waals surface area contributed by atoms with E-state index in [0.29, 0.717) is 18.9 Å². The molecule has 0 aliphatic heterocycles. The molecule has 1 heterocycles. The number of carbonyl (C=O) groups is 1. The standard InChI is InChI=1S/C21H28N2O3/c1-3-26-20(25)10-8-6-4-5-7-9-17-14-22-21(23-15-17)18-11-12-19(24)16(2)13-18/h11-15,24H,3-10H2,1-2H3. The van der Waals surface area contributed by atoms with Crippen LogP contribution in [0.2, 0.25) is 0 Å². The SMILES string of the molecule is CCOC(=O)CCCCCCCc1cnc(-c2ccc(O)c(C)c2)nc1. The molecule has 5 nitrogen and oxygen atoms in total. The van der Waals surface area contributed by atoms with Crippen molar-refractivity contribution in [1.82, 2.24) is 9.97 Å². The van der Waals surface area contributed by atoms with Crippen LogP contribution >= 0.6 is 0 Å². The Kier molecular flexibility index (Phi) is 8.06. The van der Waals surface area contributed by atoms with Crippen molar-refractivity contribution in [1.29, 1.82) is 0 Å². The lowest BCUT2D eigenvalue weighted by Crippen LogP contribution is -2.03. The van der Waals surface area contributed by atoms with Crippen molar-refractivity contribution in [2.45, 2.75) is 58.8 Å². The van der Waals surface area contributed by atoms with E-state index < -0.39 is 0 Å². The van der Waals surface area contributed by atoms with Gasteiger partial charge in [-0.1, -0.05) is 19.3 Å². The number of aromatic hydroxyl groups is 1. The summed E-state index contributed by atoms with van der Waals surface area (Å²) in [6, 6.07) is 5.39. The van der Waals surface area contributed by atoms with Crippen molar-refractivity contribution in [3.05, 3.63) is 41.7 Å². The summed E-state index contributed by atoms with van der Waals surface area (Å²) in [6.45, 7) is 4.16. The van der Waals surface area contributed by atoms with Gasteiger partial charge in [0.15, 0.2) is 5.82 Å². The van der Waals surface area contributed by atoms with E-state index in [2.05, 4.69) is 9.97 Å². The van der Waals surface area contributed by atoms with Crippen LogP contribution in [0.3, 0.4) is 0 Å². The first kappa shape index (κ1) is 19.9. The zero-order valence-electron chi connectivity index (χ0n) is 15.7. The Morgan fingerprint density at radius 3 is 2.46 bits per heavy atom. The number of phenolic OH excluding ortho intramolecular Hbond substituents is 1. The second kappa shape index (κ2) is 10.5. The first-order valence-corrected chi connectivity index (χ1v) is 9.36. The van der Waals surface area contributed by atoms with Crippen LogP contribution in [0, 0.1) is 6.92 Å². The molecule has 1 aromatic heterocycles. The zero-order chi connectivity index (χ0) is 18.8. The molecule has 1 aromatic carbocycles. The van der Waals surface area contributed by atoms with Crippen LogP contribution in [0.4, 0.5) is 0 Å². The van der Waals surface area contributed by atoms with Gasteiger partial charge in [-0.15, -0.1) is 0 Å². The van der Waals surface area contributed by atoms with E-state index in [0.717, 1.165) is 55.2 Å². The summed E-state index contributed by atoms with van der Waals surface area (Å²) in [5, 5.41) is 9.60. The van der Waals surface area contributed by atoms with Gasteiger partial charge in [-0.2, -0.15) is 0 Å². The van der Waals surface area contributed by atoms with E-state index in [9.17, 15) is 9.90 Å². The summed E-state index contributed by atoms with van der Waals surface area (Å²) in [5.74, 6) is 0.872. The third kappa shape index (κ3) is 6.47. The van der Waals surface area contributed by atoms with Crippen LogP contribution in [0.1, 0.15) is 56.6 Å². The van der Waals surface area contributed by atoms with E-state index in [1.165, 1.54) is 0 Å². The Labute approximate surface area is 155 Å². The van der Waals surface area contributed by atoms with Crippen LogP contribution in [0.15, 0.2) is 30.6 Å². The second-order valence-corrected chi connectivity index (χ2v) is 6.49. The number of hydrogen-bond acceptors (Lipinski definition) is 5. The number of ether oxygens (including phenoxy) is 1. The molecule has 0 radical (unpaired) electrons. The number of aromatic nitrogens is 2. The third-order valence-corrected chi connectivity index (χ3v) is 4.31. The van der Waals surface area contributed by atoms with Gasteiger partial charge in [-0.3, -0.25) is 4.79 Å². The van der Waals surface area contributed by atoms with Gasteiger partial charge in [-0.05, 0) is 62.4 Å². The molecule has 0 aliphatic carbocycles. The Bertz CT molecular complexity index is 699. The fourth-order valence-electron chi connectivity index (χ4n) is 2.79. The maximum Gasteiger partial charge on any atom is 0.305 e. The van der Waals surface area contributed by atoms with E-state index in [1.807, 2.05) is 38.4 Å². The zero-order valence-corrected chi connectivity index (χ0v) is 15.7. The van der Waals surface area contributed by atoms with Crippen molar-refractivity contribution < 1.29 is 14.6 Å². The summed E-state index contributed by atoms with van der Waals surface area (Å²) in [7, 11) is 0. The number of esters is 1. The molecule has 0 unspecified atom stereocenters. The van der Waals surface area contributed by atoms with E-state index in [4.69, 9.17) is 4.74 Å². The van der Waals surface area contributed by atoms with Gasteiger partial charge in [0, 0.05) is 24.4 Å². The van der Waals surface area contributed by atoms with Gasteiger partial charge in [0.25, 0.3) is 0 Å². The largest absolute Gasteiger partial charge is 0.508 e. The van der Waals surface area contributed by atoms with Gasteiger partial charge in [-0.25, -0.2) is 9.97 Å². The van der Waals surface area contributed by atoms with Crippen LogP contribution in [-0.2, 0) is 16.0 Å². The molecule has 0 atom stereocenters. The monoisotopic (exact) mass is 356 g/mol. The highest BCUT2D eigenvalue weighted by Gasteiger charge is 2.05. The quantitative estimate of drug-likeness (QED) is 0.497. The summed E-state index contributed by atoms with van der Waals surface area (Å²) in [5.41, 5.74) is 2.86. The first-order valence-electron chi connectivity index (χ1n) is 9.36. The van der Waals surface area contributed by atoms with Crippen LogP contribution in [0.5, 0.6) is 5.75 Å². The van der Waals surface area contributed by atoms with Crippen LogP contribution in [0.25, 0.3) is 11.4 Å². The highest BCUT2D eigenvalue weighted by Crippen LogP contribution is 2.22. The average Bonchev–Trinajstić information content (AvgIpc) is 2.64. The fraction of sp³-hybridized carbons (Fsp3) is 0.476. The lowest BCUT2D eigenvalue weighted by Gasteiger charge is -2.05. The number of hydrogen-bond donors (Lipinski definition) is 1. The van der Waals surface area contributed by atoms with Gasteiger partial charge in [0.1, 0.15) is 5.75 Å². The maximum absolute atomic E-state index is 11.2. The lowest BCUT2D eigenvalue weighted by atomic mass is 10.1. The van der Waals surface area contributed by atoms with E-state index >= 15 is 0 Å². The maximum atomic E-state index is 11.2. The second-order valence-electron chi connectivity index (χ2n) is 6.49. The van der Waals surface area contributed by atoms with Crippen LogP contribution in [-0.4, -0.2) is 27.7 Å². The summed E-state index contributed by atoms with van der Waals surface area (Å²) in [6.07, 6.45) is 10.6. The highest BCUT2D eigenvalue weighted by atomic mass is 16.5. The minimum atomic E-state index is -0.0893. The summed E-state index contributed by atoms with van der Waals surface area (Å²) < 4.78 is 4.92. The molecule has 0 aliphatic rings. The van der Waals surface area contributed by atoms with Crippen LogP contribution < -0.4 is 0 Å². The van der Waals surface area contributed by atoms with Crippen molar-refractivity contribution in [2.24, 2.45) is 0 Å². The Balaban J connectivity index is 1.68. The fourth-order valence-corrected chi connectivity index (χ4v) is 2.79. The minimum absolute atomic E-state index is 0.0893. The molecule has 5 heteroatoms. The van der Waals surface area contributed by atoms with Gasteiger partial charge >= 0.3 is 5.97 Å². The predicted molar refractivity (Wildman–Crippen MR) is 102 cm³/mol. The average molecular weight is 356 g/mol. The van der Waals surface area contributed by atoms with Crippen molar-refractivity contribution in [3.63, 3.8) is 0 Å². The topological polar surface area (TPSA) is 72.3 Å². The van der Waals surface area contributed by atoms with Gasteiger partial charge in [0.2, 0.25) is 0 Å². The number of carbonyl (C=O) groups excluding carboxylic acids is 1. The molecule has 0 saturated carbocycles. The minimum Gasteiger partial charge on any atom is -0.508 e. The molecule has 0 fully saturated rings. The molecule has 140 valence electrons. The molecule has 0 saturated heterocycles. The normalized spacial score (nSPS) is 10.7. The third-order valence-electron chi connectivity index (χ3n) is 4.31. The van der Waals surface area contributed by atoms with Crippen molar-refractivity contribution >= 4 is 5.97 Å². The molecule has 2 rings (SSSR count). The number of aryl methyl sites for hydroxylation is 2.